The number of anilines is 2. The number of amides is 1. The third-order valence-corrected chi connectivity index (χ3v) is 5.20. The summed E-state index contributed by atoms with van der Waals surface area (Å²) in [4.78, 5) is 14.8. The van der Waals surface area contributed by atoms with Crippen LogP contribution in [0.4, 0.5) is 11.5 Å². The number of carbonyl (C=O) groups is 1. The first kappa shape index (κ1) is 20.1. The van der Waals surface area contributed by atoms with Crippen LogP contribution in [0.1, 0.15) is 27.2 Å². The molecule has 156 valence electrons. The van der Waals surface area contributed by atoms with E-state index in [1.54, 1.807) is 6.20 Å². The molecule has 2 aromatic heterocycles. The van der Waals surface area contributed by atoms with Crippen molar-refractivity contribution in [3.63, 3.8) is 0 Å². The molecule has 7 heteroatoms. The van der Waals surface area contributed by atoms with Gasteiger partial charge in [0.15, 0.2) is 5.82 Å². The Morgan fingerprint density at radius 3 is 2.67 bits per heavy atom. The highest BCUT2D eigenvalue weighted by Crippen LogP contribution is 2.25. The predicted molar refractivity (Wildman–Crippen MR) is 118 cm³/mol. The van der Waals surface area contributed by atoms with Crippen molar-refractivity contribution in [3.05, 3.63) is 55.0 Å². The zero-order valence-electron chi connectivity index (χ0n) is 17.7. The van der Waals surface area contributed by atoms with Crippen molar-refractivity contribution in [2.75, 3.05) is 23.3 Å². The molecule has 3 aromatic rings. The van der Waals surface area contributed by atoms with E-state index >= 15 is 0 Å². The smallest absolute Gasteiger partial charge is 0.229 e. The minimum Gasteiger partial charge on any atom is -0.354 e. The van der Waals surface area contributed by atoms with Crippen molar-refractivity contribution in [1.82, 2.24) is 20.0 Å². The van der Waals surface area contributed by atoms with Gasteiger partial charge in [0, 0.05) is 43.3 Å². The third kappa shape index (κ3) is 4.84. The Hall–Kier alpha value is -3.22. The number of rotatable bonds is 5. The molecule has 0 saturated carbocycles. The highest BCUT2D eigenvalue weighted by Gasteiger charge is 2.29. The van der Waals surface area contributed by atoms with E-state index in [0.717, 1.165) is 42.1 Å². The summed E-state index contributed by atoms with van der Waals surface area (Å²) in [5.41, 5.74) is 3.15. The molecular formula is C23H28N6O. The molecule has 3 heterocycles. The van der Waals surface area contributed by atoms with Crippen LogP contribution >= 0.6 is 0 Å². The molecule has 1 atom stereocenters. The second-order valence-corrected chi connectivity index (χ2v) is 9.07. The molecule has 0 bridgehead atoms. The number of hydrogen-bond donors (Lipinski definition) is 1. The van der Waals surface area contributed by atoms with E-state index in [0.29, 0.717) is 6.54 Å². The lowest BCUT2D eigenvalue weighted by Crippen LogP contribution is -2.27. The van der Waals surface area contributed by atoms with Crippen LogP contribution in [-0.4, -0.2) is 39.0 Å². The Kier molecular flexibility index (Phi) is 5.53. The third-order valence-electron chi connectivity index (χ3n) is 5.20. The zero-order chi connectivity index (χ0) is 21.1. The highest BCUT2D eigenvalue weighted by molar-refractivity contribution is 5.93. The summed E-state index contributed by atoms with van der Waals surface area (Å²) in [5, 5.41) is 15.6. The number of hydrogen-bond acceptors (Lipinski definition) is 5. The lowest BCUT2D eigenvalue weighted by atomic mass is 9.97. The van der Waals surface area contributed by atoms with Gasteiger partial charge in [-0.3, -0.25) is 9.48 Å². The van der Waals surface area contributed by atoms with Gasteiger partial charge in [-0.2, -0.15) is 10.2 Å². The fourth-order valence-electron chi connectivity index (χ4n) is 3.72. The van der Waals surface area contributed by atoms with Crippen LogP contribution < -0.4 is 10.2 Å². The molecule has 1 saturated heterocycles. The SMILES string of the molecule is CC(C)(C)Cn1cc(-c2ccc(NC(=O)C3CCN(c4cccnn4)C3)cc2)cn1. The molecule has 1 fully saturated rings. The van der Waals surface area contributed by atoms with Crippen molar-refractivity contribution < 1.29 is 4.79 Å². The van der Waals surface area contributed by atoms with Crippen LogP contribution in [0, 0.1) is 11.3 Å². The van der Waals surface area contributed by atoms with Crippen molar-refractivity contribution in [2.24, 2.45) is 11.3 Å². The first-order valence-corrected chi connectivity index (χ1v) is 10.3. The summed E-state index contributed by atoms with van der Waals surface area (Å²) >= 11 is 0. The topological polar surface area (TPSA) is 75.9 Å². The van der Waals surface area contributed by atoms with Gasteiger partial charge in [-0.25, -0.2) is 0 Å². The number of aromatic nitrogens is 4. The first-order chi connectivity index (χ1) is 14.4. The van der Waals surface area contributed by atoms with Gasteiger partial charge in [0.2, 0.25) is 5.91 Å². The monoisotopic (exact) mass is 404 g/mol. The number of nitrogens with one attached hydrogen (secondary N) is 1. The van der Waals surface area contributed by atoms with Gasteiger partial charge in [-0.05, 0) is 41.7 Å². The molecule has 1 aromatic carbocycles. The minimum absolute atomic E-state index is 0.0483. The van der Waals surface area contributed by atoms with E-state index in [1.165, 1.54) is 0 Å². The molecule has 1 aliphatic heterocycles. The molecule has 1 amide bonds. The molecule has 7 nitrogen and oxygen atoms in total. The Morgan fingerprint density at radius 1 is 1.17 bits per heavy atom. The summed E-state index contributed by atoms with van der Waals surface area (Å²) in [6, 6.07) is 11.7. The summed E-state index contributed by atoms with van der Waals surface area (Å²) in [6.07, 6.45) is 6.42. The van der Waals surface area contributed by atoms with Crippen molar-refractivity contribution in [2.45, 2.75) is 33.7 Å². The second kappa shape index (κ2) is 8.26. The molecular weight excluding hydrogens is 376 g/mol. The molecule has 1 aliphatic rings. The molecule has 30 heavy (non-hydrogen) atoms. The van der Waals surface area contributed by atoms with Gasteiger partial charge >= 0.3 is 0 Å². The van der Waals surface area contributed by atoms with Gasteiger partial charge in [0.25, 0.3) is 0 Å². The normalized spacial score (nSPS) is 16.6. The first-order valence-electron chi connectivity index (χ1n) is 10.3. The molecule has 0 radical (unpaired) electrons. The van der Waals surface area contributed by atoms with Crippen LogP contribution in [0.3, 0.4) is 0 Å². The quantitative estimate of drug-likeness (QED) is 0.699. The summed E-state index contributed by atoms with van der Waals surface area (Å²) in [7, 11) is 0. The van der Waals surface area contributed by atoms with E-state index < -0.39 is 0 Å². The van der Waals surface area contributed by atoms with Crippen LogP contribution in [0.15, 0.2) is 55.0 Å². The summed E-state index contributed by atoms with van der Waals surface area (Å²) in [5.74, 6) is 0.818. The van der Waals surface area contributed by atoms with Gasteiger partial charge in [0.05, 0.1) is 12.1 Å². The van der Waals surface area contributed by atoms with Gasteiger partial charge in [0.1, 0.15) is 0 Å². The molecule has 0 aliphatic carbocycles. The highest BCUT2D eigenvalue weighted by atomic mass is 16.1. The summed E-state index contributed by atoms with van der Waals surface area (Å²) < 4.78 is 1.98. The van der Waals surface area contributed by atoms with E-state index in [4.69, 9.17) is 0 Å². The maximum Gasteiger partial charge on any atom is 0.229 e. The van der Waals surface area contributed by atoms with Crippen LogP contribution in [0.5, 0.6) is 0 Å². The standard InChI is InChI=1S/C23H28N6O/c1-23(2,3)16-29-15-19(13-25-29)17-6-8-20(9-7-17)26-22(30)18-10-12-28(14-18)21-5-4-11-24-27-21/h4-9,11,13,15,18H,10,12,14,16H2,1-3H3,(H,26,30). The van der Waals surface area contributed by atoms with E-state index in [9.17, 15) is 4.79 Å². The number of carbonyl (C=O) groups excluding carboxylic acids is 1. The maximum atomic E-state index is 12.7. The van der Waals surface area contributed by atoms with Gasteiger partial charge in [-0.1, -0.05) is 32.9 Å². The Morgan fingerprint density at radius 2 is 1.97 bits per heavy atom. The maximum absolute atomic E-state index is 12.7. The number of benzene rings is 1. The van der Waals surface area contributed by atoms with Gasteiger partial charge in [-0.15, -0.1) is 5.10 Å². The number of nitrogens with zero attached hydrogens (tertiary/aromatic N) is 5. The van der Waals surface area contributed by atoms with Crippen molar-refractivity contribution in [1.29, 1.82) is 0 Å². The lowest BCUT2D eigenvalue weighted by molar-refractivity contribution is -0.119. The molecule has 4 rings (SSSR count). The Labute approximate surface area is 177 Å². The van der Waals surface area contributed by atoms with E-state index in [2.05, 4.69) is 52.5 Å². The fraction of sp³-hybridized carbons (Fsp3) is 0.391. The molecule has 1 N–H and O–H groups in total. The van der Waals surface area contributed by atoms with Crippen molar-refractivity contribution in [3.8, 4) is 11.1 Å². The zero-order valence-corrected chi connectivity index (χ0v) is 17.7. The van der Waals surface area contributed by atoms with Gasteiger partial charge < -0.3 is 10.2 Å². The minimum atomic E-state index is -0.0534. The average Bonchev–Trinajstić information content (AvgIpc) is 3.38. The van der Waals surface area contributed by atoms with Crippen LogP contribution in [0.2, 0.25) is 0 Å². The van der Waals surface area contributed by atoms with E-state index in [-0.39, 0.29) is 17.2 Å². The average molecular weight is 405 g/mol. The Balaban J connectivity index is 1.35. The van der Waals surface area contributed by atoms with Crippen molar-refractivity contribution >= 4 is 17.4 Å². The van der Waals surface area contributed by atoms with Crippen LogP contribution in [0.25, 0.3) is 11.1 Å². The largest absolute Gasteiger partial charge is 0.354 e. The van der Waals surface area contributed by atoms with E-state index in [1.807, 2.05) is 47.3 Å². The fourth-order valence-corrected chi connectivity index (χ4v) is 3.72. The van der Waals surface area contributed by atoms with Crippen LogP contribution in [-0.2, 0) is 11.3 Å². The Bertz CT molecular complexity index is 991. The predicted octanol–water partition coefficient (Wildman–Crippen LogP) is 3.85. The summed E-state index contributed by atoms with van der Waals surface area (Å²) in [6.45, 7) is 8.94. The molecule has 1 unspecified atom stereocenters. The second-order valence-electron chi connectivity index (χ2n) is 9.07. The molecule has 0 spiro atoms. The lowest BCUT2D eigenvalue weighted by Gasteiger charge is -2.17.